The van der Waals surface area contributed by atoms with E-state index >= 15 is 0 Å². The van der Waals surface area contributed by atoms with Gasteiger partial charge in [-0.2, -0.15) is 0 Å². The lowest BCUT2D eigenvalue weighted by molar-refractivity contribution is 0.274. The predicted octanol–water partition coefficient (Wildman–Crippen LogP) is 4.04. The lowest BCUT2D eigenvalue weighted by Gasteiger charge is -2.32. The van der Waals surface area contributed by atoms with Crippen LogP contribution in [0.5, 0.6) is 0 Å². The second-order valence-corrected chi connectivity index (χ2v) is 6.47. The monoisotopic (exact) mass is 306 g/mol. The van der Waals surface area contributed by atoms with Crippen LogP contribution < -0.4 is 0 Å². The predicted molar refractivity (Wildman–Crippen MR) is 90.5 cm³/mol. The molecule has 23 heavy (non-hydrogen) atoms. The molecule has 2 aromatic heterocycles. The Morgan fingerprint density at radius 3 is 2.43 bits per heavy atom. The van der Waals surface area contributed by atoms with E-state index in [1.54, 1.807) is 0 Å². The van der Waals surface area contributed by atoms with Crippen molar-refractivity contribution in [2.45, 2.75) is 38.1 Å². The van der Waals surface area contributed by atoms with E-state index in [4.69, 9.17) is 0 Å². The largest absolute Gasteiger partial charge is 0.337 e. The molecule has 2 heterocycles. The first-order chi connectivity index (χ1) is 11.4. The standard InChI is InChI=1S/C19H22N4/c1-2-4-19(17(3-1)13-22-11-9-20-14-22)16-5-7-18(8-6-16)23-12-10-21-15-23/h5-12,14-15,17,19H,1-4,13H2. The van der Waals surface area contributed by atoms with Gasteiger partial charge >= 0.3 is 0 Å². The van der Waals surface area contributed by atoms with E-state index in [0.717, 1.165) is 6.54 Å². The maximum absolute atomic E-state index is 4.18. The van der Waals surface area contributed by atoms with Crippen LogP contribution in [0.1, 0.15) is 37.2 Å². The Hall–Kier alpha value is -2.36. The third-order valence-corrected chi connectivity index (χ3v) is 5.04. The maximum Gasteiger partial charge on any atom is 0.0991 e. The number of nitrogens with zero attached hydrogens (tertiary/aromatic N) is 4. The molecule has 0 saturated heterocycles. The minimum absolute atomic E-state index is 0.656. The Morgan fingerprint density at radius 1 is 0.913 bits per heavy atom. The van der Waals surface area contributed by atoms with E-state index < -0.39 is 0 Å². The van der Waals surface area contributed by atoms with Crippen molar-refractivity contribution in [1.29, 1.82) is 0 Å². The van der Waals surface area contributed by atoms with Gasteiger partial charge in [-0.1, -0.05) is 25.0 Å². The van der Waals surface area contributed by atoms with Crippen LogP contribution in [0.15, 0.2) is 61.7 Å². The Kier molecular flexibility index (Phi) is 3.97. The van der Waals surface area contributed by atoms with Crippen LogP contribution in [0, 0.1) is 5.92 Å². The molecular formula is C19H22N4. The van der Waals surface area contributed by atoms with E-state index in [9.17, 15) is 0 Å². The second kappa shape index (κ2) is 6.41. The summed E-state index contributed by atoms with van der Waals surface area (Å²) in [5, 5.41) is 0. The summed E-state index contributed by atoms with van der Waals surface area (Å²) in [4.78, 5) is 8.30. The van der Waals surface area contributed by atoms with E-state index in [2.05, 4.69) is 45.0 Å². The zero-order valence-corrected chi connectivity index (χ0v) is 13.3. The number of hydrogen-bond acceptors (Lipinski definition) is 2. The summed E-state index contributed by atoms with van der Waals surface area (Å²) in [6, 6.07) is 9.01. The molecule has 1 saturated carbocycles. The van der Waals surface area contributed by atoms with Gasteiger partial charge in [-0.3, -0.25) is 0 Å². The molecule has 2 unspecified atom stereocenters. The van der Waals surface area contributed by atoms with Gasteiger partial charge in [0.15, 0.2) is 0 Å². The van der Waals surface area contributed by atoms with Crippen LogP contribution >= 0.6 is 0 Å². The van der Waals surface area contributed by atoms with Crippen molar-refractivity contribution in [3.8, 4) is 5.69 Å². The van der Waals surface area contributed by atoms with E-state index in [1.165, 1.54) is 36.9 Å². The number of imidazole rings is 2. The molecule has 0 spiro atoms. The van der Waals surface area contributed by atoms with Crippen molar-refractivity contribution in [3.05, 3.63) is 67.3 Å². The summed E-state index contributed by atoms with van der Waals surface area (Å²) in [7, 11) is 0. The minimum Gasteiger partial charge on any atom is -0.337 e. The Balaban J connectivity index is 1.54. The van der Waals surface area contributed by atoms with Crippen molar-refractivity contribution >= 4 is 0 Å². The fourth-order valence-corrected chi connectivity index (χ4v) is 3.84. The Morgan fingerprint density at radius 2 is 1.70 bits per heavy atom. The van der Waals surface area contributed by atoms with Crippen LogP contribution in [0.4, 0.5) is 0 Å². The summed E-state index contributed by atoms with van der Waals surface area (Å²) < 4.78 is 4.27. The van der Waals surface area contributed by atoms with Crippen molar-refractivity contribution < 1.29 is 0 Å². The Bertz CT molecular complexity index is 713. The Labute approximate surface area is 136 Å². The first kappa shape index (κ1) is 14.2. The second-order valence-electron chi connectivity index (χ2n) is 6.47. The summed E-state index contributed by atoms with van der Waals surface area (Å²) in [5.74, 6) is 1.36. The highest BCUT2D eigenvalue weighted by molar-refractivity contribution is 5.36. The SMILES string of the molecule is c1cn(CC2CCCCC2c2ccc(-n3ccnc3)cc2)cn1. The average Bonchev–Trinajstić information content (AvgIpc) is 3.29. The molecular weight excluding hydrogens is 284 g/mol. The molecule has 2 atom stereocenters. The van der Waals surface area contributed by atoms with Crippen molar-refractivity contribution in [2.24, 2.45) is 5.92 Å². The molecule has 1 fully saturated rings. The van der Waals surface area contributed by atoms with Gasteiger partial charge in [0, 0.05) is 37.0 Å². The zero-order valence-electron chi connectivity index (χ0n) is 13.3. The molecule has 4 heteroatoms. The third-order valence-electron chi connectivity index (χ3n) is 5.04. The van der Waals surface area contributed by atoms with Crippen LogP contribution in [-0.2, 0) is 6.54 Å². The number of aromatic nitrogens is 4. The molecule has 3 aromatic rings. The third kappa shape index (κ3) is 3.07. The highest BCUT2D eigenvalue weighted by Crippen LogP contribution is 2.38. The molecule has 1 aromatic carbocycles. The molecule has 0 radical (unpaired) electrons. The topological polar surface area (TPSA) is 35.6 Å². The van der Waals surface area contributed by atoms with Crippen molar-refractivity contribution in [1.82, 2.24) is 19.1 Å². The lowest BCUT2D eigenvalue weighted by Crippen LogP contribution is -2.22. The van der Waals surface area contributed by atoms with Gasteiger partial charge in [0.1, 0.15) is 0 Å². The molecule has 118 valence electrons. The molecule has 4 nitrogen and oxygen atoms in total. The summed E-state index contributed by atoms with van der Waals surface area (Å²) in [5.41, 5.74) is 2.65. The fraction of sp³-hybridized carbons (Fsp3) is 0.368. The number of benzene rings is 1. The molecule has 0 aliphatic heterocycles. The fourth-order valence-electron chi connectivity index (χ4n) is 3.84. The quantitative estimate of drug-likeness (QED) is 0.729. The van der Waals surface area contributed by atoms with Crippen molar-refractivity contribution in [3.63, 3.8) is 0 Å². The van der Waals surface area contributed by atoms with E-state index in [-0.39, 0.29) is 0 Å². The van der Waals surface area contributed by atoms with Crippen molar-refractivity contribution in [2.75, 3.05) is 0 Å². The smallest absolute Gasteiger partial charge is 0.0991 e. The van der Waals surface area contributed by atoms with E-state index in [0.29, 0.717) is 11.8 Å². The first-order valence-corrected chi connectivity index (χ1v) is 8.44. The van der Waals surface area contributed by atoms with Crippen LogP contribution in [-0.4, -0.2) is 19.1 Å². The van der Waals surface area contributed by atoms with Gasteiger partial charge in [-0.05, 0) is 42.4 Å². The highest BCUT2D eigenvalue weighted by atomic mass is 15.0. The average molecular weight is 306 g/mol. The summed E-state index contributed by atoms with van der Waals surface area (Å²) in [6.07, 6.45) is 16.8. The van der Waals surface area contributed by atoms with Crippen LogP contribution in [0.2, 0.25) is 0 Å². The first-order valence-electron chi connectivity index (χ1n) is 8.44. The van der Waals surface area contributed by atoms with Gasteiger partial charge in [0.2, 0.25) is 0 Å². The molecule has 0 amide bonds. The van der Waals surface area contributed by atoms with Crippen LogP contribution in [0.3, 0.4) is 0 Å². The number of hydrogen-bond donors (Lipinski definition) is 0. The normalized spacial score (nSPS) is 21.4. The summed E-state index contributed by atoms with van der Waals surface area (Å²) in [6.45, 7) is 1.08. The number of rotatable bonds is 4. The van der Waals surface area contributed by atoms with Crippen LogP contribution in [0.25, 0.3) is 5.69 Å². The molecule has 0 bridgehead atoms. The van der Waals surface area contributed by atoms with Gasteiger partial charge < -0.3 is 9.13 Å². The maximum atomic E-state index is 4.18. The summed E-state index contributed by atoms with van der Waals surface area (Å²) >= 11 is 0. The van der Waals surface area contributed by atoms with Gasteiger partial charge in [0.05, 0.1) is 12.7 Å². The van der Waals surface area contributed by atoms with Gasteiger partial charge in [-0.15, -0.1) is 0 Å². The molecule has 0 N–H and O–H groups in total. The van der Waals surface area contributed by atoms with Gasteiger partial charge in [0.25, 0.3) is 0 Å². The molecule has 4 rings (SSSR count). The van der Waals surface area contributed by atoms with Gasteiger partial charge in [-0.25, -0.2) is 9.97 Å². The van der Waals surface area contributed by atoms with E-state index in [1.807, 2.05) is 35.8 Å². The molecule has 1 aliphatic carbocycles. The minimum atomic E-state index is 0.656. The zero-order chi connectivity index (χ0) is 15.5. The molecule has 1 aliphatic rings. The lowest BCUT2D eigenvalue weighted by atomic mass is 9.75. The highest BCUT2D eigenvalue weighted by Gasteiger charge is 2.26.